The molecule has 0 saturated carbocycles. The van der Waals surface area contributed by atoms with Gasteiger partial charge in [0, 0.05) is 50.7 Å². The number of aliphatic hydroxyl groups is 2. The Balaban J connectivity index is 1.84. The topological polar surface area (TPSA) is 77.4 Å². The van der Waals surface area contributed by atoms with E-state index in [4.69, 9.17) is 18.9 Å². The maximum atomic E-state index is 11.3. The molecule has 6 heteroatoms. The number of rotatable bonds is 8. The van der Waals surface area contributed by atoms with Crippen LogP contribution < -0.4 is 0 Å². The van der Waals surface area contributed by atoms with Crippen molar-refractivity contribution in [1.82, 2.24) is 0 Å². The molecule has 52 heavy (non-hydrogen) atoms. The molecule has 256 valence electrons. The average Bonchev–Trinajstić information content (AvgIpc) is 3.21. The molecule has 0 radical (unpaired) electrons. The van der Waals surface area contributed by atoms with Crippen LogP contribution in [0.4, 0.5) is 0 Å². The summed E-state index contributed by atoms with van der Waals surface area (Å²) in [5, 5.41) is 22.5. The zero-order valence-electron chi connectivity index (χ0n) is 29.2. The molecule has 0 saturated heterocycles. The molecule has 1 aliphatic rings. The van der Waals surface area contributed by atoms with Gasteiger partial charge < -0.3 is 29.2 Å². The quantitative estimate of drug-likeness (QED) is 0.257. The molecule has 0 heterocycles. The molecule has 4 unspecified atom stereocenters. The van der Waals surface area contributed by atoms with Crippen LogP contribution in [0.5, 0.6) is 0 Å². The van der Waals surface area contributed by atoms with Gasteiger partial charge in [0.15, 0.2) is 12.2 Å². The molecule has 0 amide bonds. The largest absolute Gasteiger partial charge is 0.369 e. The normalized spacial score (nSPS) is 26.5. The Morgan fingerprint density at radius 1 is 0.346 bits per heavy atom. The first kappa shape index (κ1) is 37.3. The van der Waals surface area contributed by atoms with Gasteiger partial charge in [0.2, 0.25) is 22.4 Å². The summed E-state index contributed by atoms with van der Waals surface area (Å²) >= 11 is 0. The third-order valence-electron chi connectivity index (χ3n) is 8.31. The second kappa shape index (κ2) is 16.8. The standard InChI is InChI=1S/C46H36O6/c1-49-43(37-17-9-5-10-18-37)29-25-41(47)26-31-45(51-3,39-21-13-7-14-22-39)35-36-46(52-4,40-23-15-8-16-24-40)32-28-42(48)27-30-44(50-2,34-33-43)38-19-11-6-12-20-38/h5-24,41-42,47-48H,1-4H3. The van der Waals surface area contributed by atoms with E-state index in [1.54, 1.807) is 0 Å². The molecule has 2 N–H and O–H groups in total. The second-order valence-electron chi connectivity index (χ2n) is 11.4. The van der Waals surface area contributed by atoms with Crippen molar-refractivity contribution in [2.24, 2.45) is 0 Å². The lowest BCUT2D eigenvalue weighted by Crippen LogP contribution is -2.30. The molecular weight excluding hydrogens is 649 g/mol. The molecule has 0 aromatic heterocycles. The van der Waals surface area contributed by atoms with Gasteiger partial charge in [-0.05, 0) is 47.4 Å². The van der Waals surface area contributed by atoms with Gasteiger partial charge in [0.1, 0.15) is 0 Å². The van der Waals surface area contributed by atoms with E-state index in [1.807, 2.05) is 121 Å². The van der Waals surface area contributed by atoms with Crippen molar-refractivity contribution in [1.29, 1.82) is 0 Å². The van der Waals surface area contributed by atoms with Crippen molar-refractivity contribution in [3.05, 3.63) is 144 Å². The van der Waals surface area contributed by atoms with Crippen molar-refractivity contribution in [2.75, 3.05) is 28.4 Å². The molecular formula is C46H36O6. The third kappa shape index (κ3) is 8.14. The van der Waals surface area contributed by atoms with Gasteiger partial charge in [-0.15, -0.1) is 0 Å². The summed E-state index contributed by atoms with van der Waals surface area (Å²) in [6.45, 7) is 0. The number of hydrogen-bond donors (Lipinski definition) is 2. The minimum absolute atomic E-state index is 0.599. The highest BCUT2D eigenvalue weighted by Gasteiger charge is 2.35. The smallest absolute Gasteiger partial charge is 0.216 e. The fourth-order valence-electron chi connectivity index (χ4n) is 5.38. The van der Waals surface area contributed by atoms with Gasteiger partial charge in [-0.1, -0.05) is 145 Å². The fourth-order valence-corrected chi connectivity index (χ4v) is 5.38. The first-order valence-corrected chi connectivity index (χ1v) is 16.3. The Morgan fingerprint density at radius 2 is 0.538 bits per heavy atom. The minimum atomic E-state index is -1.56. The number of hydrogen-bond acceptors (Lipinski definition) is 6. The molecule has 4 atom stereocenters. The zero-order valence-corrected chi connectivity index (χ0v) is 29.2. The van der Waals surface area contributed by atoms with Gasteiger partial charge in [-0.3, -0.25) is 0 Å². The second-order valence-corrected chi connectivity index (χ2v) is 11.4. The Hall–Kier alpha value is -6.00. The lowest BCUT2D eigenvalue weighted by Gasteiger charge is -2.25. The lowest BCUT2D eigenvalue weighted by molar-refractivity contribution is 0.0792. The van der Waals surface area contributed by atoms with E-state index in [0.29, 0.717) is 22.3 Å². The van der Waals surface area contributed by atoms with Crippen LogP contribution in [0.15, 0.2) is 121 Å². The van der Waals surface area contributed by atoms with Gasteiger partial charge in [-0.2, -0.15) is 0 Å². The van der Waals surface area contributed by atoms with Crippen LogP contribution in [-0.4, -0.2) is 50.9 Å². The molecule has 0 bridgehead atoms. The Morgan fingerprint density at radius 3 is 0.712 bits per heavy atom. The summed E-state index contributed by atoms with van der Waals surface area (Å²) in [7, 11) is 5.88. The third-order valence-corrected chi connectivity index (χ3v) is 8.31. The molecule has 0 fully saturated rings. The van der Waals surface area contributed by atoms with E-state index in [2.05, 4.69) is 71.0 Å². The van der Waals surface area contributed by atoms with Crippen molar-refractivity contribution in [3.63, 3.8) is 0 Å². The maximum absolute atomic E-state index is 11.3. The van der Waals surface area contributed by atoms with E-state index < -0.39 is 34.6 Å². The van der Waals surface area contributed by atoms with Crippen molar-refractivity contribution in [2.45, 2.75) is 34.6 Å². The van der Waals surface area contributed by atoms with Crippen LogP contribution in [0.2, 0.25) is 0 Å². The summed E-state index contributed by atoms with van der Waals surface area (Å²) in [6, 6.07) is 36.6. The van der Waals surface area contributed by atoms with E-state index >= 15 is 0 Å². The number of ether oxygens (including phenoxy) is 4. The van der Waals surface area contributed by atoms with Crippen LogP contribution in [-0.2, 0) is 41.4 Å². The average molecular weight is 685 g/mol. The Bertz CT molecular complexity index is 1900. The first-order chi connectivity index (χ1) is 25.3. The minimum Gasteiger partial charge on any atom is -0.369 e. The van der Waals surface area contributed by atoms with Crippen LogP contribution >= 0.6 is 0 Å². The molecule has 4 aromatic carbocycles. The summed E-state index contributed by atoms with van der Waals surface area (Å²) in [4.78, 5) is 0. The van der Waals surface area contributed by atoms with Gasteiger partial charge in [-0.25, -0.2) is 0 Å². The van der Waals surface area contributed by atoms with Crippen LogP contribution in [0.1, 0.15) is 22.3 Å². The SMILES string of the molecule is COC1(c2ccccc2)C#CC(O)C#CC(OC)(c2ccccc2)C#CC(OC)(c2ccccc2)C#CC(O)C#CC(OC)(c2ccccc2)C#C1. The van der Waals surface area contributed by atoms with Gasteiger partial charge in [0.25, 0.3) is 0 Å². The highest BCUT2D eigenvalue weighted by molar-refractivity contribution is 5.52. The van der Waals surface area contributed by atoms with Crippen LogP contribution in [0.3, 0.4) is 0 Å². The van der Waals surface area contributed by atoms with Crippen molar-refractivity contribution >= 4 is 0 Å². The summed E-state index contributed by atoms with van der Waals surface area (Å²) in [5.74, 6) is 36.1. The number of aliphatic hydroxyl groups excluding tert-OH is 2. The van der Waals surface area contributed by atoms with E-state index in [-0.39, 0.29) is 0 Å². The molecule has 6 nitrogen and oxygen atoms in total. The van der Waals surface area contributed by atoms with Crippen molar-refractivity contribution in [3.8, 4) is 71.0 Å². The molecule has 4 aromatic rings. The van der Waals surface area contributed by atoms with Crippen molar-refractivity contribution < 1.29 is 29.2 Å². The molecule has 0 aliphatic heterocycles. The van der Waals surface area contributed by atoms with Gasteiger partial charge in [0.05, 0.1) is 0 Å². The molecule has 1 aliphatic carbocycles. The summed E-state index contributed by atoms with van der Waals surface area (Å²) in [5.41, 5.74) is -3.83. The molecule has 0 spiro atoms. The first-order valence-electron chi connectivity index (χ1n) is 16.3. The molecule has 5 rings (SSSR count). The number of methoxy groups -OCH3 is 4. The zero-order chi connectivity index (χ0) is 36.9. The van der Waals surface area contributed by atoms with E-state index in [0.717, 1.165) is 0 Å². The van der Waals surface area contributed by atoms with Crippen LogP contribution in [0.25, 0.3) is 0 Å². The summed E-state index contributed by atoms with van der Waals surface area (Å²) in [6.07, 6.45) is -2.95. The number of benzene rings is 4. The van der Waals surface area contributed by atoms with Crippen LogP contribution in [0, 0.1) is 71.0 Å². The summed E-state index contributed by atoms with van der Waals surface area (Å²) < 4.78 is 24.1. The van der Waals surface area contributed by atoms with Gasteiger partial charge >= 0.3 is 0 Å². The monoisotopic (exact) mass is 684 g/mol. The Kier molecular flexibility index (Phi) is 12.0. The Labute approximate surface area is 306 Å². The maximum Gasteiger partial charge on any atom is 0.216 e. The van der Waals surface area contributed by atoms with E-state index in [1.165, 1.54) is 28.4 Å². The van der Waals surface area contributed by atoms with E-state index in [9.17, 15) is 10.2 Å². The predicted octanol–water partition coefficient (Wildman–Crippen LogP) is 4.91. The highest BCUT2D eigenvalue weighted by atomic mass is 16.5. The highest BCUT2D eigenvalue weighted by Crippen LogP contribution is 2.30. The predicted molar refractivity (Wildman–Crippen MR) is 199 cm³/mol. The fraction of sp³-hybridized carbons (Fsp3) is 0.217. The lowest BCUT2D eigenvalue weighted by atomic mass is 9.89.